The van der Waals surface area contributed by atoms with Crippen molar-refractivity contribution < 1.29 is 31.3 Å². The summed E-state index contributed by atoms with van der Waals surface area (Å²) in [5.74, 6) is -0.222. The zero-order valence-electron chi connectivity index (χ0n) is 10.4. The van der Waals surface area contributed by atoms with E-state index >= 15 is 0 Å². The maximum absolute atomic E-state index is 12.5. The summed E-state index contributed by atoms with van der Waals surface area (Å²) in [6, 6.07) is 4.03. The molecule has 0 unspecified atom stereocenters. The number of phosphoric acid groups is 1. The molecule has 1 aromatic carbocycles. The van der Waals surface area contributed by atoms with Crippen LogP contribution in [0.25, 0.3) is 0 Å². The largest absolute Gasteiger partial charge is 0.530 e. The quantitative estimate of drug-likeness (QED) is 0.736. The number of rotatable bonds is 6. The lowest BCUT2D eigenvalue weighted by Gasteiger charge is -2.17. The molecule has 0 saturated heterocycles. The van der Waals surface area contributed by atoms with Crippen molar-refractivity contribution in [1.29, 1.82) is 0 Å². The second kappa shape index (κ2) is 6.41. The van der Waals surface area contributed by atoms with E-state index in [1.807, 2.05) is 0 Å². The Labute approximate surface area is 109 Å². The van der Waals surface area contributed by atoms with Gasteiger partial charge in [0.05, 0.1) is 18.8 Å². The van der Waals surface area contributed by atoms with Gasteiger partial charge in [-0.2, -0.15) is 13.2 Å². The molecule has 0 aromatic heterocycles. The zero-order valence-corrected chi connectivity index (χ0v) is 11.3. The standard InChI is InChI=1S/C11H14F3O4P/c1-3-16-19(15,17-4-2)18-10-7-5-6-9(8-10)11(12,13)14/h5-8H,3-4H2,1-2H3. The average Bonchev–Trinajstić information content (AvgIpc) is 2.28. The van der Waals surface area contributed by atoms with Gasteiger partial charge in [0.15, 0.2) is 0 Å². The number of halogens is 3. The van der Waals surface area contributed by atoms with E-state index in [4.69, 9.17) is 13.6 Å². The second-order valence-electron chi connectivity index (χ2n) is 3.40. The highest BCUT2D eigenvalue weighted by Crippen LogP contribution is 2.49. The minimum absolute atomic E-state index is 0.0518. The van der Waals surface area contributed by atoms with Crippen LogP contribution in [-0.4, -0.2) is 13.2 Å². The molecule has 19 heavy (non-hydrogen) atoms. The van der Waals surface area contributed by atoms with Crippen LogP contribution in [0.2, 0.25) is 0 Å². The minimum atomic E-state index is -4.50. The molecule has 0 N–H and O–H groups in total. The van der Waals surface area contributed by atoms with E-state index < -0.39 is 19.6 Å². The number of alkyl halides is 3. The Morgan fingerprint density at radius 1 is 1.16 bits per heavy atom. The van der Waals surface area contributed by atoms with Crippen molar-refractivity contribution in [2.75, 3.05) is 13.2 Å². The fraction of sp³-hybridized carbons (Fsp3) is 0.455. The lowest BCUT2D eigenvalue weighted by atomic mass is 10.2. The van der Waals surface area contributed by atoms with Crippen LogP contribution in [-0.2, 0) is 19.8 Å². The van der Waals surface area contributed by atoms with Gasteiger partial charge in [0.1, 0.15) is 5.75 Å². The molecule has 4 nitrogen and oxygen atoms in total. The molecule has 0 radical (unpaired) electrons. The van der Waals surface area contributed by atoms with Crippen molar-refractivity contribution in [3.63, 3.8) is 0 Å². The van der Waals surface area contributed by atoms with E-state index in [0.717, 1.165) is 18.2 Å². The summed E-state index contributed by atoms with van der Waals surface area (Å²) >= 11 is 0. The van der Waals surface area contributed by atoms with Crippen LogP contribution in [0, 0.1) is 0 Å². The number of hydrogen-bond donors (Lipinski definition) is 0. The first-order valence-electron chi connectivity index (χ1n) is 5.56. The summed E-state index contributed by atoms with van der Waals surface area (Å²) in [5, 5.41) is 0. The Balaban J connectivity index is 2.94. The maximum Gasteiger partial charge on any atom is 0.530 e. The maximum atomic E-state index is 12.5. The molecule has 0 spiro atoms. The van der Waals surface area contributed by atoms with E-state index in [9.17, 15) is 17.7 Å². The zero-order chi connectivity index (χ0) is 14.5. The normalized spacial score (nSPS) is 12.5. The Morgan fingerprint density at radius 3 is 2.21 bits per heavy atom. The van der Waals surface area contributed by atoms with E-state index in [1.165, 1.54) is 6.07 Å². The first kappa shape index (κ1) is 16.0. The Hall–Kier alpha value is -1.04. The molecule has 0 aliphatic rings. The number of phosphoric ester groups is 1. The van der Waals surface area contributed by atoms with Gasteiger partial charge in [0, 0.05) is 0 Å². The molecule has 0 heterocycles. The smallest absolute Gasteiger partial charge is 0.404 e. The van der Waals surface area contributed by atoms with Crippen molar-refractivity contribution in [2.24, 2.45) is 0 Å². The predicted molar refractivity (Wildman–Crippen MR) is 62.9 cm³/mol. The number of benzene rings is 1. The van der Waals surface area contributed by atoms with E-state index in [-0.39, 0.29) is 19.0 Å². The first-order valence-corrected chi connectivity index (χ1v) is 7.02. The first-order chi connectivity index (χ1) is 8.80. The van der Waals surface area contributed by atoms with Crippen LogP contribution in [0.1, 0.15) is 19.4 Å². The van der Waals surface area contributed by atoms with Gasteiger partial charge in [-0.05, 0) is 32.0 Å². The summed E-state index contributed by atoms with van der Waals surface area (Å²) in [5.41, 5.74) is -0.899. The van der Waals surface area contributed by atoms with Gasteiger partial charge in [0.25, 0.3) is 0 Å². The molecule has 0 bridgehead atoms. The fourth-order valence-electron chi connectivity index (χ4n) is 1.26. The molecule has 0 aliphatic carbocycles. The molecule has 0 fully saturated rings. The summed E-state index contributed by atoms with van der Waals surface area (Å²) in [7, 11) is -3.88. The molecule has 1 aromatic rings. The molecule has 1 rings (SSSR count). The predicted octanol–water partition coefficient (Wildman–Crippen LogP) is 4.27. The molecule has 0 saturated carbocycles. The third kappa shape index (κ3) is 4.86. The van der Waals surface area contributed by atoms with Crippen LogP contribution in [0.4, 0.5) is 13.2 Å². The minimum Gasteiger partial charge on any atom is -0.404 e. The SMILES string of the molecule is CCOP(=O)(OCC)Oc1cccc(C(F)(F)F)c1. The monoisotopic (exact) mass is 298 g/mol. The van der Waals surface area contributed by atoms with Gasteiger partial charge < -0.3 is 4.52 Å². The Kier molecular flexibility index (Phi) is 5.40. The number of hydrogen-bond acceptors (Lipinski definition) is 4. The van der Waals surface area contributed by atoms with E-state index in [0.29, 0.717) is 0 Å². The lowest BCUT2D eigenvalue weighted by Crippen LogP contribution is -2.06. The van der Waals surface area contributed by atoms with Gasteiger partial charge in [-0.3, -0.25) is 9.05 Å². The Morgan fingerprint density at radius 2 is 1.74 bits per heavy atom. The van der Waals surface area contributed by atoms with Gasteiger partial charge in [0.2, 0.25) is 0 Å². The summed E-state index contributed by atoms with van der Waals surface area (Å²) in [4.78, 5) is 0. The van der Waals surface area contributed by atoms with Crippen molar-refractivity contribution >= 4 is 7.82 Å². The third-order valence-corrected chi connectivity index (χ3v) is 3.54. The second-order valence-corrected chi connectivity index (χ2v) is 4.99. The van der Waals surface area contributed by atoms with Crippen molar-refractivity contribution in [3.05, 3.63) is 29.8 Å². The molecule has 8 heteroatoms. The van der Waals surface area contributed by atoms with Crippen LogP contribution >= 0.6 is 7.82 Å². The lowest BCUT2D eigenvalue weighted by molar-refractivity contribution is -0.137. The summed E-state index contributed by atoms with van der Waals surface area (Å²) in [6.45, 7) is 3.24. The highest BCUT2D eigenvalue weighted by Gasteiger charge is 2.32. The van der Waals surface area contributed by atoms with Crippen LogP contribution < -0.4 is 4.52 Å². The van der Waals surface area contributed by atoms with Crippen LogP contribution in [0.15, 0.2) is 24.3 Å². The highest BCUT2D eigenvalue weighted by atomic mass is 31.2. The van der Waals surface area contributed by atoms with Crippen molar-refractivity contribution in [2.45, 2.75) is 20.0 Å². The van der Waals surface area contributed by atoms with Gasteiger partial charge in [-0.25, -0.2) is 4.57 Å². The van der Waals surface area contributed by atoms with Crippen LogP contribution in [0.3, 0.4) is 0 Å². The Bertz CT molecular complexity index is 451. The molecular formula is C11H14F3O4P. The van der Waals surface area contributed by atoms with Crippen molar-refractivity contribution in [1.82, 2.24) is 0 Å². The topological polar surface area (TPSA) is 44.8 Å². The molecule has 0 amide bonds. The third-order valence-electron chi connectivity index (χ3n) is 1.95. The highest BCUT2D eigenvalue weighted by molar-refractivity contribution is 7.48. The van der Waals surface area contributed by atoms with Gasteiger partial charge in [-0.15, -0.1) is 0 Å². The van der Waals surface area contributed by atoms with Crippen LogP contribution in [0.5, 0.6) is 5.75 Å². The van der Waals surface area contributed by atoms with E-state index in [2.05, 4.69) is 0 Å². The molecule has 108 valence electrons. The van der Waals surface area contributed by atoms with E-state index in [1.54, 1.807) is 13.8 Å². The average molecular weight is 298 g/mol. The molecule has 0 aliphatic heterocycles. The van der Waals surface area contributed by atoms with Gasteiger partial charge in [-0.1, -0.05) is 6.07 Å². The fourth-order valence-corrected chi connectivity index (χ4v) is 2.45. The van der Waals surface area contributed by atoms with Gasteiger partial charge >= 0.3 is 14.0 Å². The summed E-state index contributed by atoms with van der Waals surface area (Å²) < 4.78 is 64.1. The van der Waals surface area contributed by atoms with Crippen molar-refractivity contribution in [3.8, 4) is 5.75 Å². The summed E-state index contributed by atoms with van der Waals surface area (Å²) in [6.07, 6.45) is -4.50. The molecule has 0 atom stereocenters. The molecular weight excluding hydrogens is 284 g/mol.